The standard InChI is InChI=1S/C29H25N3O3S/c1-19-8-9-20(2)22(16-19)18-31-25-14-15-36-27(25)28(34)32(29(31)35)24-12-10-21(11-13-24)17-26(33)30-23-6-4-3-5-7-23/h3-16H,17-18H2,1-2H3,(H,30,33). The van der Waals surface area contributed by atoms with Crippen molar-refractivity contribution in [2.45, 2.75) is 26.8 Å². The number of hydrogen-bond acceptors (Lipinski definition) is 4. The first-order valence-electron chi connectivity index (χ1n) is 11.6. The lowest BCUT2D eigenvalue weighted by Crippen LogP contribution is -2.38. The predicted octanol–water partition coefficient (Wildman–Crippen LogP) is 5.06. The van der Waals surface area contributed by atoms with Gasteiger partial charge in [0, 0.05) is 5.69 Å². The van der Waals surface area contributed by atoms with E-state index in [1.807, 2.05) is 67.8 Å². The first-order chi connectivity index (χ1) is 17.4. The van der Waals surface area contributed by atoms with Gasteiger partial charge >= 0.3 is 5.69 Å². The van der Waals surface area contributed by atoms with Gasteiger partial charge in [-0.05, 0) is 66.2 Å². The van der Waals surface area contributed by atoms with Crippen molar-refractivity contribution in [2.24, 2.45) is 0 Å². The van der Waals surface area contributed by atoms with Crippen LogP contribution in [0, 0.1) is 13.8 Å². The Bertz CT molecular complexity index is 1680. The molecule has 7 heteroatoms. The highest BCUT2D eigenvalue weighted by atomic mass is 32.1. The molecule has 2 heterocycles. The fourth-order valence-electron chi connectivity index (χ4n) is 4.28. The number of benzene rings is 3. The van der Waals surface area contributed by atoms with Crippen LogP contribution in [0.15, 0.2) is 93.8 Å². The summed E-state index contributed by atoms with van der Waals surface area (Å²) in [4.78, 5) is 39.3. The van der Waals surface area contributed by atoms with Crippen molar-refractivity contribution in [3.63, 3.8) is 0 Å². The minimum atomic E-state index is -0.388. The van der Waals surface area contributed by atoms with Crippen molar-refractivity contribution in [1.82, 2.24) is 9.13 Å². The van der Waals surface area contributed by atoms with Gasteiger partial charge in [0.25, 0.3) is 5.56 Å². The molecule has 0 spiro atoms. The largest absolute Gasteiger partial charge is 0.336 e. The molecular weight excluding hydrogens is 470 g/mol. The second-order valence-corrected chi connectivity index (χ2v) is 9.75. The molecule has 6 nitrogen and oxygen atoms in total. The van der Waals surface area contributed by atoms with Gasteiger partial charge in [0.15, 0.2) is 0 Å². The van der Waals surface area contributed by atoms with E-state index in [2.05, 4.69) is 11.4 Å². The normalized spacial score (nSPS) is 11.1. The molecule has 0 saturated heterocycles. The Hall–Kier alpha value is -4.23. The maximum Gasteiger partial charge on any atom is 0.336 e. The quantitative estimate of drug-likeness (QED) is 0.358. The van der Waals surface area contributed by atoms with Crippen LogP contribution in [-0.2, 0) is 17.8 Å². The second kappa shape index (κ2) is 9.79. The van der Waals surface area contributed by atoms with Gasteiger partial charge in [0.1, 0.15) is 4.70 Å². The lowest BCUT2D eigenvalue weighted by molar-refractivity contribution is -0.115. The van der Waals surface area contributed by atoms with Crippen molar-refractivity contribution < 1.29 is 4.79 Å². The van der Waals surface area contributed by atoms with Gasteiger partial charge in [-0.25, -0.2) is 9.36 Å². The van der Waals surface area contributed by atoms with Crippen molar-refractivity contribution in [1.29, 1.82) is 0 Å². The van der Waals surface area contributed by atoms with E-state index in [9.17, 15) is 14.4 Å². The topological polar surface area (TPSA) is 73.1 Å². The first-order valence-corrected chi connectivity index (χ1v) is 12.5. The summed E-state index contributed by atoms with van der Waals surface area (Å²) in [5.41, 5.74) is 5.15. The smallest absolute Gasteiger partial charge is 0.326 e. The third kappa shape index (κ3) is 4.65. The molecule has 1 N–H and O–H groups in total. The number of aromatic nitrogens is 2. The summed E-state index contributed by atoms with van der Waals surface area (Å²) in [6, 6.07) is 24.3. The molecular formula is C29H25N3O3S. The molecule has 1 amide bonds. The predicted molar refractivity (Wildman–Crippen MR) is 145 cm³/mol. The van der Waals surface area contributed by atoms with Crippen LogP contribution in [-0.4, -0.2) is 15.0 Å². The van der Waals surface area contributed by atoms with Crippen LogP contribution in [0.25, 0.3) is 15.9 Å². The van der Waals surface area contributed by atoms with Crippen molar-refractivity contribution >= 4 is 33.1 Å². The molecule has 0 fully saturated rings. The first kappa shape index (κ1) is 23.5. The summed E-state index contributed by atoms with van der Waals surface area (Å²) in [7, 11) is 0. The number of anilines is 1. The minimum Gasteiger partial charge on any atom is -0.326 e. The van der Waals surface area contributed by atoms with E-state index in [0.29, 0.717) is 22.4 Å². The van der Waals surface area contributed by atoms with Gasteiger partial charge in [-0.15, -0.1) is 11.3 Å². The molecule has 5 aromatic rings. The number of nitrogens with one attached hydrogen (secondary N) is 1. The molecule has 180 valence electrons. The number of carbonyl (C=O) groups excluding carboxylic acids is 1. The van der Waals surface area contributed by atoms with Gasteiger partial charge in [-0.2, -0.15) is 0 Å². The zero-order valence-electron chi connectivity index (χ0n) is 20.0. The molecule has 0 radical (unpaired) electrons. The molecule has 0 aliphatic heterocycles. The lowest BCUT2D eigenvalue weighted by Gasteiger charge is -2.14. The molecule has 36 heavy (non-hydrogen) atoms. The number of fused-ring (bicyclic) bond motifs is 1. The van der Waals surface area contributed by atoms with Gasteiger partial charge in [-0.3, -0.25) is 14.2 Å². The van der Waals surface area contributed by atoms with E-state index in [1.54, 1.807) is 28.8 Å². The Kier molecular flexibility index (Phi) is 6.40. The highest BCUT2D eigenvalue weighted by Gasteiger charge is 2.17. The summed E-state index contributed by atoms with van der Waals surface area (Å²) in [6.07, 6.45) is 0.185. The lowest BCUT2D eigenvalue weighted by atomic mass is 10.1. The van der Waals surface area contributed by atoms with E-state index < -0.39 is 0 Å². The Labute approximate surface area is 212 Å². The number of amides is 1. The monoisotopic (exact) mass is 495 g/mol. The van der Waals surface area contributed by atoms with Crippen LogP contribution in [0.4, 0.5) is 5.69 Å². The van der Waals surface area contributed by atoms with Crippen LogP contribution in [0.5, 0.6) is 0 Å². The molecule has 0 saturated carbocycles. The molecule has 0 unspecified atom stereocenters. The third-order valence-electron chi connectivity index (χ3n) is 6.20. The van der Waals surface area contributed by atoms with Crippen molar-refractivity contribution in [2.75, 3.05) is 5.32 Å². The molecule has 3 aromatic carbocycles. The Morgan fingerprint density at radius 1 is 0.917 bits per heavy atom. The molecule has 0 atom stereocenters. The van der Waals surface area contributed by atoms with Gasteiger partial charge < -0.3 is 5.32 Å². The summed E-state index contributed by atoms with van der Waals surface area (Å²) < 4.78 is 3.42. The van der Waals surface area contributed by atoms with Crippen molar-refractivity contribution in [3.05, 3.63) is 127 Å². The summed E-state index contributed by atoms with van der Waals surface area (Å²) in [5.74, 6) is -0.137. The third-order valence-corrected chi connectivity index (χ3v) is 7.10. The highest BCUT2D eigenvalue weighted by Crippen LogP contribution is 2.19. The highest BCUT2D eigenvalue weighted by molar-refractivity contribution is 7.17. The number of aryl methyl sites for hydroxylation is 2. The Morgan fingerprint density at radius 3 is 2.42 bits per heavy atom. The van der Waals surface area contributed by atoms with Crippen LogP contribution < -0.4 is 16.6 Å². The van der Waals surface area contributed by atoms with Crippen LogP contribution >= 0.6 is 11.3 Å². The van der Waals surface area contributed by atoms with Crippen LogP contribution in [0.2, 0.25) is 0 Å². The maximum absolute atomic E-state index is 13.6. The Morgan fingerprint density at radius 2 is 1.67 bits per heavy atom. The molecule has 5 rings (SSSR count). The van der Waals surface area contributed by atoms with E-state index >= 15 is 0 Å². The number of rotatable bonds is 6. The summed E-state index contributed by atoms with van der Waals surface area (Å²) in [5, 5.41) is 4.70. The zero-order valence-corrected chi connectivity index (χ0v) is 20.8. The summed E-state index contributed by atoms with van der Waals surface area (Å²) >= 11 is 1.33. The van der Waals surface area contributed by atoms with Gasteiger partial charge in [0.2, 0.25) is 5.91 Å². The average Bonchev–Trinajstić information content (AvgIpc) is 3.36. The SMILES string of the molecule is Cc1ccc(C)c(Cn2c(=O)n(-c3ccc(CC(=O)Nc4ccccc4)cc3)c(=O)c3sccc32)c1. The second-order valence-electron chi connectivity index (χ2n) is 8.83. The average molecular weight is 496 g/mol. The number of nitrogens with zero attached hydrogens (tertiary/aromatic N) is 2. The fraction of sp³-hybridized carbons (Fsp3) is 0.138. The van der Waals surface area contributed by atoms with Crippen LogP contribution in [0.1, 0.15) is 22.3 Å². The van der Waals surface area contributed by atoms with Crippen molar-refractivity contribution in [3.8, 4) is 5.69 Å². The van der Waals surface area contributed by atoms with Gasteiger partial charge in [0.05, 0.1) is 24.2 Å². The van der Waals surface area contributed by atoms with E-state index in [-0.39, 0.29) is 23.6 Å². The van der Waals surface area contributed by atoms with Gasteiger partial charge in [-0.1, -0.05) is 54.1 Å². The number of thiophene rings is 1. The minimum absolute atomic E-state index is 0.137. The fourth-order valence-corrected chi connectivity index (χ4v) is 5.11. The van der Waals surface area contributed by atoms with E-state index in [1.165, 1.54) is 15.9 Å². The number of hydrogen-bond donors (Lipinski definition) is 1. The van der Waals surface area contributed by atoms with E-state index in [4.69, 9.17) is 0 Å². The number of para-hydroxylation sites is 1. The van der Waals surface area contributed by atoms with Crippen LogP contribution in [0.3, 0.4) is 0 Å². The molecule has 0 aliphatic carbocycles. The molecule has 2 aromatic heterocycles. The zero-order chi connectivity index (χ0) is 25.2. The molecule has 0 aliphatic rings. The Balaban J connectivity index is 1.49. The maximum atomic E-state index is 13.6. The summed E-state index contributed by atoms with van der Waals surface area (Å²) in [6.45, 7) is 4.42. The van der Waals surface area contributed by atoms with E-state index in [0.717, 1.165) is 27.9 Å². The number of carbonyl (C=O) groups is 1. The molecule has 0 bridgehead atoms.